The van der Waals surface area contributed by atoms with Gasteiger partial charge in [-0.15, -0.1) is 0 Å². The molecule has 13 heteroatoms. The first kappa shape index (κ1) is 72.2. The highest BCUT2D eigenvalue weighted by Crippen LogP contribution is 2.25. The SMILES string of the molecule is CC(C)(C)CC(=O)CCC(C)(C)O.CC(C)(C)CC(=O)N1CCCCC1.CC(C)(C)CC(=O)Nc1ccccc1.CC(C)(C)CC(N)=O.CC(C)(C)NC(=O)NCC1CCCCC1.CNC(=O)CC(C)(C)C. The van der Waals surface area contributed by atoms with E-state index in [0.717, 1.165) is 25.3 Å². The minimum Gasteiger partial charge on any atom is -0.390 e. The van der Waals surface area contributed by atoms with Crippen molar-refractivity contribution in [2.45, 2.75) is 246 Å². The maximum absolute atomic E-state index is 11.7. The third kappa shape index (κ3) is 55.3. The first-order chi connectivity index (χ1) is 32.4. The Bertz CT molecular complexity index is 1670. The maximum Gasteiger partial charge on any atom is 0.315 e. The van der Waals surface area contributed by atoms with Crippen LogP contribution in [0.4, 0.5) is 10.5 Å². The fourth-order valence-corrected chi connectivity index (χ4v) is 7.15. The van der Waals surface area contributed by atoms with E-state index < -0.39 is 5.60 Å². The molecule has 3 rings (SSSR count). The van der Waals surface area contributed by atoms with Crippen LogP contribution in [0.2, 0.25) is 0 Å². The number of amides is 6. The van der Waals surface area contributed by atoms with Gasteiger partial charge in [0.05, 0.1) is 5.60 Å². The Morgan fingerprint density at radius 3 is 1.38 bits per heavy atom. The number of nitrogens with two attached hydrogens (primary N) is 1. The van der Waals surface area contributed by atoms with Gasteiger partial charge in [0, 0.05) is 76.4 Å². The molecule has 1 saturated heterocycles. The number of aliphatic hydroxyl groups is 1. The summed E-state index contributed by atoms with van der Waals surface area (Å²) in [6.07, 6.45) is 14.2. The smallest absolute Gasteiger partial charge is 0.315 e. The number of rotatable bonds is 11. The van der Waals surface area contributed by atoms with E-state index >= 15 is 0 Å². The largest absolute Gasteiger partial charge is 0.390 e. The molecule has 1 aromatic rings. The summed E-state index contributed by atoms with van der Waals surface area (Å²) in [6, 6.07) is 9.49. The van der Waals surface area contributed by atoms with Gasteiger partial charge in [-0.3, -0.25) is 24.0 Å². The second-order valence-electron chi connectivity index (χ2n) is 27.6. The van der Waals surface area contributed by atoms with E-state index in [4.69, 9.17) is 5.73 Å². The predicted molar refractivity (Wildman–Crippen MR) is 303 cm³/mol. The van der Waals surface area contributed by atoms with Crippen LogP contribution in [0, 0.1) is 33.0 Å². The van der Waals surface area contributed by atoms with E-state index in [1.54, 1.807) is 20.9 Å². The Kier molecular flexibility index (Phi) is 34.6. The van der Waals surface area contributed by atoms with Crippen molar-refractivity contribution in [3.8, 4) is 0 Å². The fourth-order valence-electron chi connectivity index (χ4n) is 7.15. The van der Waals surface area contributed by atoms with Crippen LogP contribution in [0.3, 0.4) is 0 Å². The number of carbonyl (C=O) groups excluding carboxylic acids is 6. The number of hydrogen-bond donors (Lipinski definition) is 6. The second kappa shape index (κ2) is 34.5. The Hall–Kier alpha value is -4.00. The Morgan fingerprint density at radius 2 is 1.01 bits per heavy atom. The number of ketones is 1. The van der Waals surface area contributed by atoms with E-state index in [1.807, 2.05) is 97.5 Å². The molecule has 2 fully saturated rings. The van der Waals surface area contributed by atoms with Crippen molar-refractivity contribution in [3.63, 3.8) is 0 Å². The lowest BCUT2D eigenvalue weighted by Crippen LogP contribution is -2.47. The van der Waals surface area contributed by atoms with Crippen molar-refractivity contribution < 1.29 is 33.9 Å². The maximum atomic E-state index is 11.7. The van der Waals surface area contributed by atoms with Crippen LogP contribution >= 0.6 is 0 Å². The topological polar surface area (TPSA) is 200 Å². The van der Waals surface area contributed by atoms with Gasteiger partial charge in [-0.25, -0.2) is 4.79 Å². The van der Waals surface area contributed by atoms with Gasteiger partial charge < -0.3 is 37.0 Å². The van der Waals surface area contributed by atoms with Gasteiger partial charge in [-0.2, -0.15) is 0 Å². The molecule has 420 valence electrons. The number of nitrogens with one attached hydrogen (secondary N) is 4. The number of Topliss-reactive ketones (excluding diaryl/α,β-unsaturated/α-hetero) is 1. The summed E-state index contributed by atoms with van der Waals surface area (Å²) in [5.74, 6) is 1.25. The summed E-state index contributed by atoms with van der Waals surface area (Å²) in [5.41, 5.74) is 5.34. The van der Waals surface area contributed by atoms with Crippen molar-refractivity contribution in [3.05, 3.63) is 30.3 Å². The summed E-state index contributed by atoms with van der Waals surface area (Å²) in [7, 11) is 1.66. The number of likely N-dealkylation sites (tertiary alicyclic amines) is 1. The number of benzene rings is 1. The molecule has 72 heavy (non-hydrogen) atoms. The van der Waals surface area contributed by atoms with Gasteiger partial charge in [0.15, 0.2) is 0 Å². The molecule has 6 amide bonds. The minimum absolute atomic E-state index is 0.0342. The zero-order valence-corrected chi connectivity index (χ0v) is 50.1. The van der Waals surface area contributed by atoms with E-state index in [2.05, 4.69) is 83.6 Å². The molecule has 0 aromatic heterocycles. The zero-order valence-electron chi connectivity index (χ0n) is 50.1. The van der Waals surface area contributed by atoms with Gasteiger partial charge >= 0.3 is 6.03 Å². The molecule has 7 N–H and O–H groups in total. The number of piperidine rings is 1. The monoisotopic (exact) mass is 1020 g/mol. The molecule has 0 atom stereocenters. The van der Waals surface area contributed by atoms with Crippen LogP contribution < -0.4 is 27.0 Å². The van der Waals surface area contributed by atoms with Crippen molar-refractivity contribution >= 4 is 41.1 Å². The van der Waals surface area contributed by atoms with Crippen LogP contribution in [-0.2, 0) is 24.0 Å². The van der Waals surface area contributed by atoms with E-state index in [-0.39, 0.29) is 62.1 Å². The summed E-state index contributed by atoms with van der Waals surface area (Å²) in [4.78, 5) is 69.1. The molecular formula is C59H112N6O7. The lowest BCUT2D eigenvalue weighted by Gasteiger charge is -2.29. The molecule has 2 aliphatic rings. The van der Waals surface area contributed by atoms with Crippen molar-refractivity contribution in [2.24, 2.45) is 38.7 Å². The molecule has 13 nitrogen and oxygen atoms in total. The number of anilines is 1. The molecule has 1 aromatic carbocycles. The highest BCUT2D eigenvalue weighted by atomic mass is 16.3. The Balaban J connectivity index is -0.000000804. The molecule has 1 saturated carbocycles. The van der Waals surface area contributed by atoms with Crippen LogP contribution in [0.15, 0.2) is 30.3 Å². The summed E-state index contributed by atoms with van der Waals surface area (Å²) < 4.78 is 0. The van der Waals surface area contributed by atoms with Crippen LogP contribution in [-0.4, -0.2) is 83.3 Å². The van der Waals surface area contributed by atoms with Crippen molar-refractivity contribution in [1.82, 2.24) is 20.9 Å². The third-order valence-corrected chi connectivity index (χ3v) is 10.3. The van der Waals surface area contributed by atoms with E-state index in [1.165, 1.54) is 51.4 Å². The van der Waals surface area contributed by atoms with Gasteiger partial charge in [-0.05, 0) is 118 Å². The first-order valence-corrected chi connectivity index (χ1v) is 26.8. The number of primary amides is 1. The Morgan fingerprint density at radius 1 is 0.583 bits per heavy atom. The van der Waals surface area contributed by atoms with E-state index in [0.29, 0.717) is 56.8 Å². The standard InChI is InChI=1S/C12H24N2O.C12H17NO.C11H21NO.C11H22O2.C7H15NO.C6H13NO/c1-12(2,3)14-11(15)13-9-10-7-5-4-6-8-10;1-12(2,3)9-11(14)13-10-7-5-4-6-8-10;1-11(2,3)9-10(13)12-7-5-4-6-8-12;1-10(2,3)8-9(12)6-7-11(4,5)13;1-7(2,3)5-6(9)8-4;1-6(2,3)4-5(7)8/h10H,4-9H2,1-3H3,(H2,13,14,15);4-8H,9H2,1-3H3,(H,13,14);4-9H2,1-3H3;13H,6-8H2,1-5H3;5H2,1-4H3,(H,8,9);4H2,1-3H3,(H2,7,8). The third-order valence-electron chi connectivity index (χ3n) is 10.3. The van der Waals surface area contributed by atoms with Crippen LogP contribution in [0.5, 0.6) is 0 Å². The quantitative estimate of drug-likeness (QED) is 0.127. The van der Waals surface area contributed by atoms with Gasteiger partial charge in [0.25, 0.3) is 0 Å². The summed E-state index contributed by atoms with van der Waals surface area (Å²) in [5, 5.41) is 20.7. The van der Waals surface area contributed by atoms with Crippen LogP contribution in [0.25, 0.3) is 0 Å². The molecule has 1 aliphatic carbocycles. The van der Waals surface area contributed by atoms with E-state index in [9.17, 15) is 33.9 Å². The second-order valence-corrected chi connectivity index (χ2v) is 27.6. The predicted octanol–water partition coefficient (Wildman–Crippen LogP) is 12.8. The highest BCUT2D eigenvalue weighted by molar-refractivity contribution is 5.91. The number of para-hydroxylation sites is 1. The molecular weight excluding hydrogens is 905 g/mol. The number of hydrogen-bond acceptors (Lipinski definition) is 7. The first-order valence-electron chi connectivity index (χ1n) is 26.8. The van der Waals surface area contributed by atoms with Crippen molar-refractivity contribution in [1.29, 1.82) is 0 Å². The summed E-state index contributed by atoms with van der Waals surface area (Å²) in [6.45, 7) is 43.0. The normalized spacial score (nSPS) is 14.4. The average molecular weight is 1020 g/mol. The molecule has 0 spiro atoms. The van der Waals surface area contributed by atoms with Gasteiger partial charge in [-0.1, -0.05) is 141 Å². The molecule has 1 aliphatic heterocycles. The molecule has 0 unspecified atom stereocenters. The molecule has 0 radical (unpaired) electrons. The lowest BCUT2D eigenvalue weighted by molar-refractivity contribution is -0.134. The molecule has 0 bridgehead atoms. The molecule has 1 heterocycles. The lowest BCUT2D eigenvalue weighted by atomic mass is 9.87. The number of urea groups is 1. The fraction of sp³-hybridized carbons (Fsp3) is 0.797. The summed E-state index contributed by atoms with van der Waals surface area (Å²) >= 11 is 0. The van der Waals surface area contributed by atoms with Crippen molar-refractivity contribution in [2.75, 3.05) is 32.0 Å². The Labute approximate surface area is 441 Å². The van der Waals surface area contributed by atoms with Crippen LogP contribution in [0.1, 0.15) is 235 Å². The highest BCUT2D eigenvalue weighted by Gasteiger charge is 2.23. The minimum atomic E-state index is -0.715. The van der Waals surface area contributed by atoms with Gasteiger partial charge in [0.2, 0.25) is 23.6 Å². The number of carbonyl (C=O) groups is 6. The number of nitrogens with zero attached hydrogens (tertiary/aromatic N) is 1. The average Bonchev–Trinajstić information content (AvgIpc) is 3.17. The zero-order chi connectivity index (χ0) is 56.8. The van der Waals surface area contributed by atoms with Gasteiger partial charge in [0.1, 0.15) is 5.78 Å².